The van der Waals surface area contributed by atoms with Crippen molar-refractivity contribution in [2.45, 2.75) is 6.92 Å². The molecule has 0 atom stereocenters. The number of hydrogen-bond acceptors (Lipinski definition) is 3. The summed E-state index contributed by atoms with van der Waals surface area (Å²) in [5, 5.41) is 0.384. The van der Waals surface area contributed by atoms with Gasteiger partial charge < -0.3 is 10.5 Å². The average Bonchev–Trinajstić information content (AvgIpc) is 1.99. The van der Waals surface area contributed by atoms with Gasteiger partial charge >= 0.3 is 0 Å². The first-order chi connectivity index (χ1) is 5.25. The first-order valence-corrected chi connectivity index (χ1v) is 3.66. The fourth-order valence-electron chi connectivity index (χ4n) is 0.676. The summed E-state index contributed by atoms with van der Waals surface area (Å²) >= 11 is 5.76. The number of aromatic nitrogens is 1. The van der Waals surface area contributed by atoms with Crippen LogP contribution in [0.15, 0.2) is 12.3 Å². The van der Waals surface area contributed by atoms with Crippen LogP contribution in [0.5, 0.6) is 5.88 Å². The van der Waals surface area contributed by atoms with Crippen molar-refractivity contribution in [3.05, 3.63) is 17.3 Å². The number of anilines is 1. The van der Waals surface area contributed by atoms with Crippen molar-refractivity contribution in [1.29, 1.82) is 0 Å². The molecule has 0 aliphatic carbocycles. The summed E-state index contributed by atoms with van der Waals surface area (Å²) in [6.45, 7) is 2.40. The second-order valence-corrected chi connectivity index (χ2v) is 2.33. The Morgan fingerprint density at radius 1 is 1.73 bits per heavy atom. The van der Waals surface area contributed by atoms with Crippen LogP contribution in [0.3, 0.4) is 0 Å². The molecular weight excluding hydrogens is 164 g/mol. The summed E-state index contributed by atoms with van der Waals surface area (Å²) in [5.74, 6) is 0.397. The Labute approximate surface area is 70.1 Å². The molecular formula is C7H9ClN2O. The molecule has 0 radical (unpaired) electrons. The third-order valence-electron chi connectivity index (χ3n) is 1.17. The first kappa shape index (κ1) is 8.14. The SMILES string of the molecule is CCOc1nccc(N)c1Cl. The van der Waals surface area contributed by atoms with E-state index in [1.807, 2.05) is 6.92 Å². The normalized spacial score (nSPS) is 9.64. The van der Waals surface area contributed by atoms with E-state index in [9.17, 15) is 0 Å². The lowest BCUT2D eigenvalue weighted by Crippen LogP contribution is -1.97. The zero-order valence-electron chi connectivity index (χ0n) is 6.17. The maximum Gasteiger partial charge on any atom is 0.234 e. The Bertz CT molecular complexity index is 252. The lowest BCUT2D eigenvalue weighted by atomic mass is 10.4. The molecule has 0 aliphatic heterocycles. The number of hydrogen-bond donors (Lipinski definition) is 1. The third-order valence-corrected chi connectivity index (χ3v) is 1.55. The van der Waals surface area contributed by atoms with E-state index in [1.165, 1.54) is 0 Å². The molecule has 0 aromatic carbocycles. The van der Waals surface area contributed by atoms with Gasteiger partial charge in [0.1, 0.15) is 5.02 Å². The van der Waals surface area contributed by atoms with E-state index in [0.717, 1.165) is 0 Å². The monoisotopic (exact) mass is 172 g/mol. The van der Waals surface area contributed by atoms with E-state index >= 15 is 0 Å². The molecule has 1 rings (SSSR count). The zero-order valence-corrected chi connectivity index (χ0v) is 6.93. The van der Waals surface area contributed by atoms with Crippen molar-refractivity contribution in [3.63, 3.8) is 0 Å². The number of nitrogens with zero attached hydrogens (tertiary/aromatic N) is 1. The van der Waals surface area contributed by atoms with Crippen molar-refractivity contribution in [1.82, 2.24) is 4.98 Å². The van der Waals surface area contributed by atoms with Crippen LogP contribution >= 0.6 is 11.6 Å². The largest absolute Gasteiger partial charge is 0.477 e. The first-order valence-electron chi connectivity index (χ1n) is 3.28. The molecule has 0 fully saturated rings. The minimum absolute atomic E-state index is 0.384. The Kier molecular flexibility index (Phi) is 2.54. The highest BCUT2D eigenvalue weighted by molar-refractivity contribution is 6.34. The van der Waals surface area contributed by atoms with E-state index in [0.29, 0.717) is 23.2 Å². The molecule has 11 heavy (non-hydrogen) atoms. The molecule has 0 spiro atoms. The van der Waals surface area contributed by atoms with Gasteiger partial charge in [-0.05, 0) is 13.0 Å². The summed E-state index contributed by atoms with van der Waals surface area (Å²) in [6.07, 6.45) is 1.56. The van der Waals surface area contributed by atoms with Crippen molar-refractivity contribution in [2.75, 3.05) is 12.3 Å². The van der Waals surface area contributed by atoms with Gasteiger partial charge in [-0.15, -0.1) is 0 Å². The average molecular weight is 173 g/mol. The van der Waals surface area contributed by atoms with Crippen LogP contribution in [0.25, 0.3) is 0 Å². The highest BCUT2D eigenvalue weighted by Crippen LogP contribution is 2.26. The van der Waals surface area contributed by atoms with Gasteiger partial charge in [0.05, 0.1) is 12.3 Å². The van der Waals surface area contributed by atoms with Crippen molar-refractivity contribution in [3.8, 4) is 5.88 Å². The van der Waals surface area contributed by atoms with Crippen LogP contribution in [-0.4, -0.2) is 11.6 Å². The predicted molar refractivity (Wildman–Crippen MR) is 44.8 cm³/mol. The molecule has 1 aromatic heterocycles. The van der Waals surface area contributed by atoms with E-state index in [-0.39, 0.29) is 0 Å². The van der Waals surface area contributed by atoms with E-state index in [1.54, 1.807) is 12.3 Å². The van der Waals surface area contributed by atoms with Crippen molar-refractivity contribution in [2.24, 2.45) is 0 Å². The van der Waals surface area contributed by atoms with Gasteiger partial charge in [-0.3, -0.25) is 0 Å². The van der Waals surface area contributed by atoms with Gasteiger partial charge in [-0.1, -0.05) is 11.6 Å². The molecule has 60 valence electrons. The van der Waals surface area contributed by atoms with Crippen LogP contribution in [-0.2, 0) is 0 Å². The van der Waals surface area contributed by atoms with Crippen LogP contribution in [0, 0.1) is 0 Å². The highest BCUT2D eigenvalue weighted by atomic mass is 35.5. The lowest BCUT2D eigenvalue weighted by molar-refractivity contribution is 0.327. The number of pyridine rings is 1. The smallest absolute Gasteiger partial charge is 0.234 e. The standard InChI is InChI=1S/C7H9ClN2O/c1-2-11-7-6(8)5(9)3-4-10-7/h3-4H,2H2,1H3,(H2,9,10). The van der Waals surface area contributed by atoms with Crippen LogP contribution < -0.4 is 10.5 Å². The van der Waals surface area contributed by atoms with Gasteiger partial charge in [-0.2, -0.15) is 0 Å². The molecule has 0 saturated heterocycles. The number of halogens is 1. The summed E-state index contributed by atoms with van der Waals surface area (Å²) in [5.41, 5.74) is 5.99. The van der Waals surface area contributed by atoms with Gasteiger partial charge in [-0.25, -0.2) is 4.98 Å². The van der Waals surface area contributed by atoms with Gasteiger partial charge in [0.25, 0.3) is 0 Å². The fourth-order valence-corrected chi connectivity index (χ4v) is 0.842. The van der Waals surface area contributed by atoms with E-state index in [4.69, 9.17) is 22.1 Å². The Morgan fingerprint density at radius 3 is 3.09 bits per heavy atom. The Hall–Kier alpha value is -0.960. The number of nitrogen functional groups attached to an aromatic ring is 1. The van der Waals surface area contributed by atoms with Crippen LogP contribution in [0.4, 0.5) is 5.69 Å². The van der Waals surface area contributed by atoms with Gasteiger partial charge in [0.15, 0.2) is 0 Å². The molecule has 0 bridgehead atoms. The number of ether oxygens (including phenoxy) is 1. The number of nitrogens with two attached hydrogens (primary N) is 1. The number of rotatable bonds is 2. The van der Waals surface area contributed by atoms with Crippen molar-refractivity contribution >= 4 is 17.3 Å². The molecule has 0 saturated carbocycles. The van der Waals surface area contributed by atoms with E-state index < -0.39 is 0 Å². The Morgan fingerprint density at radius 2 is 2.45 bits per heavy atom. The van der Waals surface area contributed by atoms with Gasteiger partial charge in [0, 0.05) is 6.20 Å². The van der Waals surface area contributed by atoms with Crippen LogP contribution in [0.1, 0.15) is 6.92 Å². The Balaban J connectivity index is 2.96. The van der Waals surface area contributed by atoms with Crippen molar-refractivity contribution < 1.29 is 4.74 Å². The second kappa shape index (κ2) is 3.44. The third kappa shape index (κ3) is 1.74. The van der Waals surface area contributed by atoms with Crippen LogP contribution in [0.2, 0.25) is 5.02 Å². The molecule has 3 nitrogen and oxygen atoms in total. The minimum Gasteiger partial charge on any atom is -0.477 e. The maximum atomic E-state index is 5.76. The molecule has 0 aliphatic rings. The van der Waals surface area contributed by atoms with E-state index in [2.05, 4.69) is 4.98 Å². The molecule has 1 heterocycles. The summed E-state index contributed by atoms with van der Waals surface area (Å²) in [4.78, 5) is 3.89. The van der Waals surface area contributed by atoms with Gasteiger partial charge in [0.2, 0.25) is 5.88 Å². The molecule has 4 heteroatoms. The highest BCUT2D eigenvalue weighted by Gasteiger charge is 2.03. The molecule has 2 N–H and O–H groups in total. The molecule has 0 unspecified atom stereocenters. The minimum atomic E-state index is 0.384. The predicted octanol–water partition coefficient (Wildman–Crippen LogP) is 1.72. The molecule has 0 amide bonds. The second-order valence-electron chi connectivity index (χ2n) is 1.95. The maximum absolute atomic E-state index is 5.76. The fraction of sp³-hybridized carbons (Fsp3) is 0.286. The molecule has 1 aromatic rings. The quantitative estimate of drug-likeness (QED) is 0.739. The summed E-state index contributed by atoms with van der Waals surface area (Å²) in [6, 6.07) is 1.63. The lowest BCUT2D eigenvalue weighted by Gasteiger charge is -2.04. The topological polar surface area (TPSA) is 48.1 Å². The summed E-state index contributed by atoms with van der Waals surface area (Å²) in [7, 11) is 0. The summed E-state index contributed by atoms with van der Waals surface area (Å²) < 4.78 is 5.09. The zero-order chi connectivity index (χ0) is 8.27.